The smallest absolute Gasteiger partial charge is 0.306 e. The molecule has 8 nitrogen and oxygen atoms in total. The van der Waals surface area contributed by atoms with Crippen molar-refractivity contribution in [1.29, 1.82) is 0 Å². The highest BCUT2D eigenvalue weighted by Crippen LogP contribution is 2.11. The molecule has 0 saturated heterocycles. The van der Waals surface area contributed by atoms with Gasteiger partial charge in [0.2, 0.25) is 0 Å². The van der Waals surface area contributed by atoms with Crippen molar-refractivity contribution >= 4 is 23.9 Å². The Morgan fingerprint density at radius 1 is 0.464 bits per heavy atom. The highest BCUT2D eigenvalue weighted by atomic mass is 16.5. The van der Waals surface area contributed by atoms with E-state index in [1.165, 1.54) is 12.8 Å². The number of esters is 2. The lowest BCUT2D eigenvalue weighted by molar-refractivity contribution is -0.147. The van der Waals surface area contributed by atoms with Crippen molar-refractivity contribution < 1.29 is 38.9 Å². The molecule has 0 bridgehead atoms. The molecule has 0 atom stereocenters. The molecular weight excluding hydrogens is 368 g/mol. The van der Waals surface area contributed by atoms with Gasteiger partial charge in [-0.3, -0.25) is 19.2 Å². The van der Waals surface area contributed by atoms with Crippen molar-refractivity contribution in [1.82, 2.24) is 0 Å². The van der Waals surface area contributed by atoms with Crippen LogP contribution >= 0.6 is 0 Å². The first-order valence-electron chi connectivity index (χ1n) is 10.2. The zero-order valence-corrected chi connectivity index (χ0v) is 16.7. The topological polar surface area (TPSA) is 127 Å². The first-order valence-corrected chi connectivity index (χ1v) is 10.2. The van der Waals surface area contributed by atoms with Gasteiger partial charge in [0.25, 0.3) is 0 Å². The Bertz CT molecular complexity index is 419. The number of hydrogen-bond donors (Lipinski definition) is 2. The summed E-state index contributed by atoms with van der Waals surface area (Å²) in [5.41, 5.74) is 0. The lowest BCUT2D eigenvalue weighted by atomic mass is 10.1. The van der Waals surface area contributed by atoms with Crippen LogP contribution in [0, 0.1) is 0 Å². The van der Waals surface area contributed by atoms with E-state index < -0.39 is 23.9 Å². The Morgan fingerprint density at radius 3 is 1.04 bits per heavy atom. The quantitative estimate of drug-likeness (QED) is 0.247. The Kier molecular flexibility index (Phi) is 16.9. The van der Waals surface area contributed by atoms with Gasteiger partial charge in [0.15, 0.2) is 0 Å². The van der Waals surface area contributed by atoms with Crippen LogP contribution in [0.5, 0.6) is 0 Å². The minimum Gasteiger partial charge on any atom is -0.481 e. The first-order chi connectivity index (χ1) is 13.4. The van der Waals surface area contributed by atoms with Crippen LogP contribution in [0.25, 0.3) is 0 Å². The van der Waals surface area contributed by atoms with Crippen molar-refractivity contribution in [3.8, 4) is 0 Å². The second kappa shape index (κ2) is 18.3. The van der Waals surface area contributed by atoms with Crippen LogP contribution in [0.15, 0.2) is 0 Å². The normalized spacial score (nSPS) is 10.4. The number of carbonyl (C=O) groups is 4. The second-order valence-corrected chi connectivity index (χ2v) is 6.76. The molecule has 0 saturated carbocycles. The number of carboxylic acid groups (broad SMARTS) is 2. The number of aliphatic carboxylic acids is 2. The summed E-state index contributed by atoms with van der Waals surface area (Å²) in [5.74, 6) is -2.88. The third-order valence-corrected chi connectivity index (χ3v) is 4.15. The fraction of sp³-hybridized carbons (Fsp3) is 0.800. The van der Waals surface area contributed by atoms with Gasteiger partial charge in [0.05, 0.1) is 38.9 Å². The van der Waals surface area contributed by atoms with Gasteiger partial charge >= 0.3 is 23.9 Å². The van der Waals surface area contributed by atoms with Gasteiger partial charge in [-0.1, -0.05) is 51.4 Å². The summed E-state index contributed by atoms with van der Waals surface area (Å²) in [4.78, 5) is 43.0. The molecule has 0 radical (unpaired) electrons. The predicted molar refractivity (Wildman–Crippen MR) is 102 cm³/mol. The molecule has 0 unspecified atom stereocenters. The van der Waals surface area contributed by atoms with Crippen LogP contribution in [0.4, 0.5) is 0 Å². The van der Waals surface area contributed by atoms with Crippen molar-refractivity contribution in [2.75, 3.05) is 13.2 Å². The maximum absolute atomic E-state index is 11.2. The van der Waals surface area contributed by atoms with E-state index in [1.54, 1.807) is 0 Å². The molecular formula is C20H34O8. The van der Waals surface area contributed by atoms with Gasteiger partial charge < -0.3 is 19.7 Å². The number of carbonyl (C=O) groups excluding carboxylic acids is 2. The van der Waals surface area contributed by atoms with E-state index in [-0.39, 0.29) is 25.7 Å². The number of unbranched alkanes of at least 4 members (excludes halogenated alkanes) is 9. The Morgan fingerprint density at radius 2 is 0.750 bits per heavy atom. The highest BCUT2D eigenvalue weighted by molar-refractivity contribution is 5.76. The minimum atomic E-state index is -0.992. The van der Waals surface area contributed by atoms with Crippen molar-refractivity contribution in [3.63, 3.8) is 0 Å². The standard InChI is InChI=1S/C20H34O8/c21-17(22)11-13-19(25)27-15-9-7-5-3-1-2-4-6-8-10-16-28-20(26)14-12-18(23)24/h1-16H2,(H,21,22)(H,23,24). The van der Waals surface area contributed by atoms with Gasteiger partial charge in [0.1, 0.15) is 0 Å². The summed E-state index contributed by atoms with van der Waals surface area (Å²) >= 11 is 0. The highest BCUT2D eigenvalue weighted by Gasteiger charge is 2.06. The van der Waals surface area contributed by atoms with E-state index in [9.17, 15) is 19.2 Å². The SMILES string of the molecule is O=C(O)CCC(=O)OCCCCCCCCCCCCOC(=O)CCC(=O)O. The van der Waals surface area contributed by atoms with Gasteiger partial charge in [-0.25, -0.2) is 0 Å². The fourth-order valence-corrected chi connectivity index (χ4v) is 2.55. The molecule has 0 aromatic rings. The molecule has 0 amide bonds. The average Bonchev–Trinajstić information content (AvgIpc) is 2.64. The maximum Gasteiger partial charge on any atom is 0.306 e. The molecule has 0 fully saturated rings. The van der Waals surface area contributed by atoms with Gasteiger partial charge in [-0.15, -0.1) is 0 Å². The lowest BCUT2D eigenvalue weighted by Crippen LogP contribution is -2.08. The second-order valence-electron chi connectivity index (χ2n) is 6.76. The molecule has 0 heterocycles. The molecule has 2 N–H and O–H groups in total. The van der Waals surface area contributed by atoms with Gasteiger partial charge in [-0.2, -0.15) is 0 Å². The Hall–Kier alpha value is -2.12. The van der Waals surface area contributed by atoms with E-state index in [2.05, 4.69) is 0 Å². The van der Waals surface area contributed by atoms with Crippen LogP contribution < -0.4 is 0 Å². The van der Waals surface area contributed by atoms with E-state index in [0.717, 1.165) is 51.4 Å². The number of hydrogen-bond acceptors (Lipinski definition) is 6. The van der Waals surface area contributed by atoms with Crippen LogP contribution in [0.1, 0.15) is 89.9 Å². The van der Waals surface area contributed by atoms with E-state index in [4.69, 9.17) is 19.7 Å². The van der Waals surface area contributed by atoms with Crippen molar-refractivity contribution in [2.45, 2.75) is 89.9 Å². The van der Waals surface area contributed by atoms with Gasteiger partial charge in [-0.05, 0) is 12.8 Å². The Balaban J connectivity index is 3.21. The summed E-state index contributed by atoms with van der Waals surface area (Å²) in [5, 5.41) is 16.9. The maximum atomic E-state index is 11.2. The van der Waals surface area contributed by atoms with E-state index >= 15 is 0 Å². The molecule has 0 aliphatic carbocycles. The fourth-order valence-electron chi connectivity index (χ4n) is 2.55. The van der Waals surface area contributed by atoms with Crippen molar-refractivity contribution in [2.24, 2.45) is 0 Å². The third kappa shape index (κ3) is 20.2. The van der Waals surface area contributed by atoms with E-state index in [1.807, 2.05) is 0 Å². The zero-order chi connectivity index (χ0) is 21.0. The monoisotopic (exact) mass is 402 g/mol. The van der Waals surface area contributed by atoms with Crippen LogP contribution in [-0.2, 0) is 28.7 Å². The summed E-state index contributed by atoms with van der Waals surface area (Å²) in [6, 6.07) is 0. The number of carboxylic acids is 2. The zero-order valence-electron chi connectivity index (χ0n) is 16.7. The molecule has 0 aromatic heterocycles. The van der Waals surface area contributed by atoms with Crippen molar-refractivity contribution in [3.05, 3.63) is 0 Å². The van der Waals surface area contributed by atoms with Crippen LogP contribution in [-0.4, -0.2) is 47.3 Å². The molecule has 0 rings (SSSR count). The molecule has 0 aliphatic heterocycles. The summed E-state index contributed by atoms with van der Waals surface area (Å²) in [6.45, 7) is 0.721. The number of ether oxygens (including phenoxy) is 2. The van der Waals surface area contributed by atoms with Gasteiger partial charge in [0, 0.05) is 0 Å². The van der Waals surface area contributed by atoms with E-state index in [0.29, 0.717) is 13.2 Å². The summed E-state index contributed by atoms with van der Waals surface area (Å²) in [6.07, 6.45) is 9.94. The third-order valence-electron chi connectivity index (χ3n) is 4.15. The Labute approximate surface area is 166 Å². The largest absolute Gasteiger partial charge is 0.481 e. The molecule has 0 aromatic carbocycles. The van der Waals surface area contributed by atoms with Crippen LogP contribution in [0.3, 0.4) is 0 Å². The average molecular weight is 402 g/mol. The predicted octanol–water partition coefficient (Wildman–Crippen LogP) is 3.70. The molecule has 8 heteroatoms. The van der Waals surface area contributed by atoms with Crippen LogP contribution in [0.2, 0.25) is 0 Å². The lowest BCUT2D eigenvalue weighted by Gasteiger charge is -2.05. The molecule has 28 heavy (non-hydrogen) atoms. The molecule has 0 spiro atoms. The summed E-state index contributed by atoms with van der Waals surface area (Å²) in [7, 11) is 0. The minimum absolute atomic E-state index is 0.0670. The molecule has 162 valence electrons. The summed E-state index contributed by atoms with van der Waals surface area (Å²) < 4.78 is 9.93. The molecule has 0 aliphatic rings. The first kappa shape index (κ1) is 25.9. The number of rotatable bonds is 19.